The smallest absolute Gasteiger partial charge is 0.391 e. The Kier molecular flexibility index (Phi) is 43.4. The lowest BCUT2D eigenvalue weighted by atomic mass is 10.0. The molecule has 0 heterocycles. The molecule has 3 unspecified atom stereocenters. The van der Waals surface area contributed by atoms with Crippen molar-refractivity contribution in [2.75, 3.05) is 40.9 Å². The number of nitrogens with zero attached hydrogens (tertiary/aromatic N) is 1. The van der Waals surface area contributed by atoms with Crippen LogP contribution < -0.4 is 5.32 Å². The second kappa shape index (κ2) is 43.7. The zero-order valence-corrected chi connectivity index (χ0v) is 41.9. The number of phosphoric acid groups is 1. The van der Waals surface area contributed by atoms with E-state index in [9.17, 15) is 19.4 Å². The lowest BCUT2D eigenvalue weighted by Crippen LogP contribution is -2.46. The van der Waals surface area contributed by atoms with Crippen LogP contribution in [0.15, 0.2) is 0 Å². The van der Waals surface area contributed by atoms with Gasteiger partial charge < -0.3 is 19.8 Å². The Hall–Kier alpha value is -0.500. The first-order valence-corrected chi connectivity index (χ1v) is 27.9. The third kappa shape index (κ3) is 45.5. The molecule has 0 rings (SSSR count). The number of amides is 1. The number of phosphoric ester groups is 1. The van der Waals surface area contributed by atoms with E-state index in [1.54, 1.807) is 0 Å². The van der Waals surface area contributed by atoms with Crippen molar-refractivity contribution >= 4 is 13.7 Å². The highest BCUT2D eigenvalue weighted by Gasteiger charge is 2.28. The Balaban J connectivity index is 3.81. The van der Waals surface area contributed by atoms with E-state index in [1.165, 1.54) is 205 Å². The fourth-order valence-corrected chi connectivity index (χ4v) is 8.90. The molecule has 0 radical (unpaired) electrons. The first kappa shape index (κ1) is 59.5. The van der Waals surface area contributed by atoms with Gasteiger partial charge in [0.05, 0.1) is 39.9 Å². The summed E-state index contributed by atoms with van der Waals surface area (Å²) in [6, 6.07) is -0.751. The lowest BCUT2D eigenvalue weighted by molar-refractivity contribution is -0.870. The van der Waals surface area contributed by atoms with Gasteiger partial charge in [-0.3, -0.25) is 13.8 Å². The summed E-state index contributed by atoms with van der Waals surface area (Å²) in [4.78, 5) is 23.0. The molecule has 1 amide bonds. The Morgan fingerprint density at radius 3 is 1.12 bits per heavy atom. The molecule has 0 aromatic rings. The van der Waals surface area contributed by atoms with Crippen LogP contribution in [-0.4, -0.2) is 73.4 Å². The van der Waals surface area contributed by atoms with E-state index in [-0.39, 0.29) is 19.1 Å². The van der Waals surface area contributed by atoms with Gasteiger partial charge in [0.25, 0.3) is 0 Å². The van der Waals surface area contributed by atoms with Crippen LogP contribution in [0.4, 0.5) is 0 Å². The highest BCUT2D eigenvalue weighted by atomic mass is 31.2. The van der Waals surface area contributed by atoms with Crippen molar-refractivity contribution in [1.29, 1.82) is 0 Å². The van der Waals surface area contributed by atoms with Crippen LogP contribution >= 0.6 is 7.82 Å². The van der Waals surface area contributed by atoms with Gasteiger partial charge >= 0.3 is 7.82 Å². The number of quaternary nitrogens is 1. The maximum Gasteiger partial charge on any atom is 0.472 e. The van der Waals surface area contributed by atoms with Crippen molar-refractivity contribution in [2.45, 2.75) is 283 Å². The summed E-state index contributed by atoms with van der Waals surface area (Å²) in [6.45, 7) is 4.85. The number of unbranched alkanes of at least 4 members (excludes halogenated alkanes) is 36. The van der Waals surface area contributed by atoms with E-state index < -0.39 is 20.0 Å². The molecule has 0 aliphatic carbocycles. The first-order chi connectivity index (χ1) is 29.0. The van der Waals surface area contributed by atoms with Crippen molar-refractivity contribution < 1.29 is 32.9 Å². The molecule has 360 valence electrons. The molecule has 3 N–H and O–H groups in total. The lowest BCUT2D eigenvalue weighted by Gasteiger charge is -2.26. The zero-order valence-electron chi connectivity index (χ0n) is 41.0. The third-order valence-electron chi connectivity index (χ3n) is 12.4. The van der Waals surface area contributed by atoms with Crippen LogP contribution in [0.5, 0.6) is 0 Å². The molecule has 8 nitrogen and oxygen atoms in total. The van der Waals surface area contributed by atoms with Crippen LogP contribution in [-0.2, 0) is 18.4 Å². The van der Waals surface area contributed by atoms with Crippen LogP contribution in [0.25, 0.3) is 0 Å². The van der Waals surface area contributed by atoms with Crippen LogP contribution in [0.1, 0.15) is 271 Å². The maximum atomic E-state index is 12.7. The molecular weight excluding hydrogens is 768 g/mol. The number of carbonyl (C=O) groups is 1. The third-order valence-corrected chi connectivity index (χ3v) is 13.3. The molecule has 0 aliphatic heterocycles. The minimum Gasteiger partial charge on any atom is -0.391 e. The molecule has 9 heteroatoms. The summed E-state index contributed by atoms with van der Waals surface area (Å²) in [6.07, 6.45) is 50.6. The van der Waals surface area contributed by atoms with Crippen molar-refractivity contribution in [2.24, 2.45) is 0 Å². The Morgan fingerprint density at radius 2 is 0.800 bits per heavy atom. The number of hydrogen-bond donors (Lipinski definition) is 3. The van der Waals surface area contributed by atoms with E-state index in [0.29, 0.717) is 23.9 Å². The molecule has 0 bridgehead atoms. The zero-order chi connectivity index (χ0) is 44.3. The fourth-order valence-electron chi connectivity index (χ4n) is 8.17. The van der Waals surface area contributed by atoms with Gasteiger partial charge in [0, 0.05) is 6.42 Å². The summed E-state index contributed by atoms with van der Waals surface area (Å²) >= 11 is 0. The molecule has 0 spiro atoms. The molecule has 3 atom stereocenters. The summed E-state index contributed by atoms with van der Waals surface area (Å²) in [5, 5.41) is 13.9. The van der Waals surface area contributed by atoms with Crippen molar-refractivity contribution in [3.63, 3.8) is 0 Å². The maximum absolute atomic E-state index is 12.7. The fraction of sp³-hybridized carbons (Fsp3) is 0.980. The van der Waals surface area contributed by atoms with Crippen molar-refractivity contribution in [3.8, 4) is 0 Å². The van der Waals surface area contributed by atoms with Gasteiger partial charge in [0.15, 0.2) is 0 Å². The molecule has 0 saturated heterocycles. The minimum absolute atomic E-state index is 0.0780. The van der Waals surface area contributed by atoms with Crippen LogP contribution in [0.2, 0.25) is 0 Å². The predicted octanol–water partition coefficient (Wildman–Crippen LogP) is 15.3. The highest BCUT2D eigenvalue weighted by Crippen LogP contribution is 2.43. The molecule has 0 aliphatic rings. The molecule has 0 aromatic heterocycles. The van der Waals surface area contributed by atoms with Gasteiger partial charge in [0.1, 0.15) is 13.2 Å². The van der Waals surface area contributed by atoms with Gasteiger partial charge in [-0.25, -0.2) is 4.57 Å². The Morgan fingerprint density at radius 1 is 0.500 bits per heavy atom. The van der Waals surface area contributed by atoms with Gasteiger partial charge in [-0.15, -0.1) is 0 Å². The monoisotopic (exact) mass is 874 g/mol. The standard InChI is InChI=1S/C51H105N2O6P/c1-6-8-10-12-14-15-16-17-18-19-20-21-22-23-24-25-26-27-28-29-30-31-32-33-34-35-36-37-38-39-40-42-44-50(54)49(52-51(55)45-43-41-13-11-9-7-2)48-59-60(56,57)58-47-46-53(3,4)5/h49-50,54H,6-48H2,1-5H3,(H-,52,55,56,57)/p+1. The quantitative estimate of drug-likeness (QED) is 0.0319. The summed E-state index contributed by atoms with van der Waals surface area (Å²) in [5.74, 6) is -0.150. The van der Waals surface area contributed by atoms with Crippen molar-refractivity contribution in [3.05, 3.63) is 0 Å². The van der Waals surface area contributed by atoms with E-state index in [4.69, 9.17) is 9.05 Å². The van der Waals surface area contributed by atoms with Crippen LogP contribution in [0, 0.1) is 0 Å². The number of rotatable bonds is 49. The number of carbonyl (C=O) groups excluding carboxylic acids is 1. The average Bonchev–Trinajstić information content (AvgIpc) is 3.20. The SMILES string of the molecule is CCCCCCCCCCCCCCCCCCCCCCCCCCCCCCCCCCC(O)C(COP(=O)(O)OCC[N+](C)(C)C)NC(=O)CCCCCCCC. The number of nitrogens with one attached hydrogen (secondary N) is 1. The summed E-state index contributed by atoms with van der Waals surface area (Å²) < 4.78 is 23.6. The second-order valence-corrected chi connectivity index (χ2v) is 21.1. The summed E-state index contributed by atoms with van der Waals surface area (Å²) in [7, 11) is 1.63. The Bertz CT molecular complexity index is 947. The summed E-state index contributed by atoms with van der Waals surface area (Å²) in [5.41, 5.74) is 0. The number of likely N-dealkylation sites (N-methyl/N-ethyl adjacent to an activating group) is 1. The molecule has 60 heavy (non-hydrogen) atoms. The molecule has 0 fully saturated rings. The van der Waals surface area contributed by atoms with E-state index in [0.717, 1.165) is 38.5 Å². The van der Waals surface area contributed by atoms with E-state index in [2.05, 4.69) is 19.2 Å². The van der Waals surface area contributed by atoms with Gasteiger partial charge in [0.2, 0.25) is 5.91 Å². The molecular formula is C51H106N2O6P+. The normalized spacial score (nSPS) is 14.1. The highest BCUT2D eigenvalue weighted by molar-refractivity contribution is 7.47. The number of aliphatic hydroxyl groups is 1. The second-order valence-electron chi connectivity index (χ2n) is 19.6. The molecule has 0 saturated carbocycles. The minimum atomic E-state index is -4.30. The van der Waals surface area contributed by atoms with E-state index >= 15 is 0 Å². The van der Waals surface area contributed by atoms with E-state index in [1.807, 2.05) is 21.1 Å². The number of aliphatic hydroxyl groups excluding tert-OH is 1. The average molecular weight is 874 g/mol. The predicted molar refractivity (Wildman–Crippen MR) is 259 cm³/mol. The van der Waals surface area contributed by atoms with Crippen LogP contribution in [0.3, 0.4) is 0 Å². The van der Waals surface area contributed by atoms with Gasteiger partial charge in [-0.1, -0.05) is 251 Å². The number of hydrogen-bond acceptors (Lipinski definition) is 5. The van der Waals surface area contributed by atoms with Gasteiger partial charge in [-0.2, -0.15) is 0 Å². The topological polar surface area (TPSA) is 105 Å². The molecule has 0 aromatic carbocycles. The Labute approximate surface area is 374 Å². The van der Waals surface area contributed by atoms with Gasteiger partial charge in [-0.05, 0) is 12.8 Å². The van der Waals surface area contributed by atoms with Crippen molar-refractivity contribution in [1.82, 2.24) is 5.32 Å². The largest absolute Gasteiger partial charge is 0.472 e. The first-order valence-electron chi connectivity index (χ1n) is 26.4.